The van der Waals surface area contributed by atoms with Gasteiger partial charge in [-0.1, -0.05) is 0 Å². The highest BCUT2D eigenvalue weighted by Gasteiger charge is 2.20. The molecule has 1 aromatic rings. The molecule has 0 unspecified atom stereocenters. The van der Waals surface area contributed by atoms with Gasteiger partial charge in [-0.25, -0.2) is 0 Å². The molecule has 0 bridgehead atoms. The van der Waals surface area contributed by atoms with Crippen LogP contribution in [-0.4, -0.2) is 30.4 Å². The Hall–Kier alpha value is -1.51. The van der Waals surface area contributed by atoms with Crippen molar-refractivity contribution in [3.63, 3.8) is 0 Å². The Kier molecular flexibility index (Phi) is 2.75. The third-order valence-corrected chi connectivity index (χ3v) is 3.68. The van der Waals surface area contributed by atoms with Crippen LogP contribution in [0.15, 0.2) is 18.2 Å². The van der Waals surface area contributed by atoms with Crippen LogP contribution in [0.1, 0.15) is 35.2 Å². The molecule has 1 amide bonds. The van der Waals surface area contributed by atoms with Crippen molar-refractivity contribution in [3.8, 4) is 0 Å². The summed E-state index contributed by atoms with van der Waals surface area (Å²) in [5.74, 6) is 0.205. The average molecular weight is 230 g/mol. The highest BCUT2D eigenvalue weighted by molar-refractivity contribution is 5.95. The number of anilines is 1. The molecule has 0 aliphatic carbocycles. The second kappa shape index (κ2) is 4.40. The van der Waals surface area contributed by atoms with Crippen molar-refractivity contribution in [2.75, 3.05) is 25.0 Å². The highest BCUT2D eigenvalue weighted by Crippen LogP contribution is 2.24. The van der Waals surface area contributed by atoms with Crippen molar-refractivity contribution < 1.29 is 4.79 Å². The van der Waals surface area contributed by atoms with E-state index in [1.807, 2.05) is 11.0 Å². The van der Waals surface area contributed by atoms with Crippen LogP contribution in [-0.2, 0) is 6.42 Å². The summed E-state index contributed by atoms with van der Waals surface area (Å²) < 4.78 is 0. The van der Waals surface area contributed by atoms with Crippen molar-refractivity contribution in [3.05, 3.63) is 29.3 Å². The molecule has 17 heavy (non-hydrogen) atoms. The minimum atomic E-state index is 0.205. The zero-order chi connectivity index (χ0) is 11.7. The number of likely N-dealkylation sites (tertiary alicyclic amines) is 1. The van der Waals surface area contributed by atoms with E-state index in [1.54, 1.807) is 0 Å². The molecular weight excluding hydrogens is 212 g/mol. The third-order valence-electron chi connectivity index (χ3n) is 3.68. The summed E-state index contributed by atoms with van der Waals surface area (Å²) >= 11 is 0. The quantitative estimate of drug-likeness (QED) is 0.802. The molecule has 1 aromatic carbocycles. The van der Waals surface area contributed by atoms with Crippen molar-refractivity contribution in [2.45, 2.75) is 25.7 Å². The number of benzene rings is 1. The van der Waals surface area contributed by atoms with Crippen LogP contribution in [0, 0.1) is 0 Å². The first-order valence-electron chi connectivity index (χ1n) is 6.51. The van der Waals surface area contributed by atoms with Gasteiger partial charge in [0.2, 0.25) is 0 Å². The zero-order valence-electron chi connectivity index (χ0n) is 10.0. The Morgan fingerprint density at radius 1 is 1.18 bits per heavy atom. The molecule has 0 aromatic heterocycles. The van der Waals surface area contributed by atoms with Crippen molar-refractivity contribution in [1.82, 2.24) is 4.90 Å². The lowest BCUT2D eigenvalue weighted by atomic mass is 10.0. The smallest absolute Gasteiger partial charge is 0.253 e. The second-order valence-corrected chi connectivity index (χ2v) is 4.90. The summed E-state index contributed by atoms with van der Waals surface area (Å²) in [5, 5.41) is 3.37. The highest BCUT2D eigenvalue weighted by atomic mass is 16.2. The Labute approximate surface area is 102 Å². The molecule has 0 saturated carbocycles. The standard InChI is InChI=1S/C14H18N2O/c17-14(16-8-1-2-9-16)12-5-6-13-11(10-12)4-3-7-15-13/h5-6,10,15H,1-4,7-9H2. The maximum absolute atomic E-state index is 12.2. The predicted molar refractivity (Wildman–Crippen MR) is 68.4 cm³/mol. The van der Waals surface area contributed by atoms with E-state index in [0.29, 0.717) is 0 Å². The van der Waals surface area contributed by atoms with Gasteiger partial charge in [0.15, 0.2) is 0 Å². The molecule has 3 heteroatoms. The normalized spacial score (nSPS) is 18.7. The minimum Gasteiger partial charge on any atom is -0.385 e. The van der Waals surface area contributed by atoms with Crippen LogP contribution in [0.2, 0.25) is 0 Å². The van der Waals surface area contributed by atoms with Gasteiger partial charge < -0.3 is 10.2 Å². The van der Waals surface area contributed by atoms with Gasteiger partial charge in [0.1, 0.15) is 0 Å². The van der Waals surface area contributed by atoms with Crippen LogP contribution in [0.3, 0.4) is 0 Å². The lowest BCUT2D eigenvalue weighted by Gasteiger charge is -2.20. The molecule has 1 N–H and O–H groups in total. The number of nitrogens with one attached hydrogen (secondary N) is 1. The van der Waals surface area contributed by atoms with Crippen molar-refractivity contribution in [2.24, 2.45) is 0 Å². The summed E-state index contributed by atoms with van der Waals surface area (Å²) in [6.45, 7) is 2.90. The van der Waals surface area contributed by atoms with Gasteiger partial charge >= 0.3 is 0 Å². The first-order chi connectivity index (χ1) is 8.34. The van der Waals surface area contributed by atoms with Crippen LogP contribution in [0.4, 0.5) is 5.69 Å². The lowest BCUT2D eigenvalue weighted by molar-refractivity contribution is 0.0792. The molecule has 0 spiro atoms. The van der Waals surface area contributed by atoms with Crippen LogP contribution < -0.4 is 5.32 Å². The summed E-state index contributed by atoms with van der Waals surface area (Å²) in [6.07, 6.45) is 4.55. The van der Waals surface area contributed by atoms with E-state index >= 15 is 0 Å². The maximum Gasteiger partial charge on any atom is 0.253 e. The lowest BCUT2D eigenvalue weighted by Crippen LogP contribution is -2.27. The zero-order valence-corrected chi connectivity index (χ0v) is 10.0. The number of rotatable bonds is 1. The second-order valence-electron chi connectivity index (χ2n) is 4.90. The Morgan fingerprint density at radius 2 is 2.00 bits per heavy atom. The van der Waals surface area contributed by atoms with E-state index in [0.717, 1.165) is 50.9 Å². The van der Waals surface area contributed by atoms with Gasteiger partial charge in [-0.2, -0.15) is 0 Å². The molecule has 2 aliphatic rings. The Morgan fingerprint density at radius 3 is 2.82 bits per heavy atom. The molecule has 2 heterocycles. The summed E-state index contributed by atoms with van der Waals surface area (Å²) in [7, 11) is 0. The average Bonchev–Trinajstić information content (AvgIpc) is 2.91. The van der Waals surface area contributed by atoms with E-state index in [9.17, 15) is 4.79 Å². The number of amides is 1. The Balaban J connectivity index is 1.85. The first kappa shape index (κ1) is 10.6. The third kappa shape index (κ3) is 2.02. The van der Waals surface area contributed by atoms with E-state index in [-0.39, 0.29) is 5.91 Å². The SMILES string of the molecule is O=C(c1ccc2c(c1)CCCN2)N1CCCC1. The number of hydrogen-bond donors (Lipinski definition) is 1. The Bertz CT molecular complexity index is 436. The van der Waals surface area contributed by atoms with Crippen LogP contribution in [0.5, 0.6) is 0 Å². The van der Waals surface area contributed by atoms with Gasteiger partial charge in [-0.15, -0.1) is 0 Å². The van der Waals surface area contributed by atoms with Crippen molar-refractivity contribution in [1.29, 1.82) is 0 Å². The van der Waals surface area contributed by atoms with E-state index in [1.165, 1.54) is 11.3 Å². The molecule has 0 radical (unpaired) electrons. The maximum atomic E-state index is 12.2. The van der Waals surface area contributed by atoms with Gasteiger partial charge in [0.05, 0.1) is 0 Å². The minimum absolute atomic E-state index is 0.205. The van der Waals surface area contributed by atoms with E-state index in [2.05, 4.69) is 17.4 Å². The van der Waals surface area contributed by atoms with Crippen LogP contribution in [0.25, 0.3) is 0 Å². The number of fused-ring (bicyclic) bond motifs is 1. The number of hydrogen-bond acceptors (Lipinski definition) is 2. The molecular formula is C14H18N2O. The fourth-order valence-corrected chi connectivity index (χ4v) is 2.71. The molecule has 1 fully saturated rings. The van der Waals surface area contributed by atoms with E-state index < -0.39 is 0 Å². The summed E-state index contributed by atoms with van der Waals surface area (Å²) in [4.78, 5) is 14.2. The van der Waals surface area contributed by atoms with Crippen molar-refractivity contribution >= 4 is 11.6 Å². The fraction of sp³-hybridized carbons (Fsp3) is 0.500. The van der Waals surface area contributed by atoms with E-state index in [4.69, 9.17) is 0 Å². The van der Waals surface area contributed by atoms with Crippen LogP contribution >= 0.6 is 0 Å². The van der Waals surface area contributed by atoms with Gasteiger partial charge in [-0.05, 0) is 49.4 Å². The molecule has 3 nitrogen and oxygen atoms in total. The molecule has 1 saturated heterocycles. The summed E-state index contributed by atoms with van der Waals surface area (Å²) in [5.41, 5.74) is 3.35. The number of carbonyl (C=O) groups excluding carboxylic acids is 1. The van der Waals surface area contributed by atoms with Gasteiger partial charge in [-0.3, -0.25) is 4.79 Å². The molecule has 90 valence electrons. The summed E-state index contributed by atoms with van der Waals surface area (Å²) in [6, 6.07) is 6.08. The van der Waals surface area contributed by atoms with Gasteiger partial charge in [0.25, 0.3) is 5.91 Å². The van der Waals surface area contributed by atoms with Gasteiger partial charge in [0, 0.05) is 30.9 Å². The largest absolute Gasteiger partial charge is 0.385 e. The topological polar surface area (TPSA) is 32.3 Å². The molecule has 3 rings (SSSR count). The number of carbonyl (C=O) groups is 1. The predicted octanol–water partition coefficient (Wildman–Crippen LogP) is 2.28. The monoisotopic (exact) mass is 230 g/mol. The first-order valence-corrected chi connectivity index (χ1v) is 6.51. The molecule has 0 atom stereocenters. The fourth-order valence-electron chi connectivity index (χ4n) is 2.71. The molecule has 2 aliphatic heterocycles. The number of aryl methyl sites for hydroxylation is 1. The number of nitrogens with zero attached hydrogens (tertiary/aromatic N) is 1.